The molecule has 2 fully saturated rings. The second-order valence-electron chi connectivity index (χ2n) is 7.39. The Morgan fingerprint density at radius 1 is 0.931 bits per heavy atom. The molecular weight excluding hydrogens is 378 g/mol. The van der Waals surface area contributed by atoms with Crippen LogP contribution >= 0.6 is 0 Å². The highest BCUT2D eigenvalue weighted by molar-refractivity contribution is 5.89. The summed E-state index contributed by atoms with van der Waals surface area (Å²) in [6.45, 7) is 6.21. The summed E-state index contributed by atoms with van der Waals surface area (Å²) < 4.78 is 26.4. The molecule has 2 saturated heterocycles. The third-order valence-corrected chi connectivity index (χ3v) is 5.28. The molecule has 29 heavy (non-hydrogen) atoms. The smallest absolute Gasteiger partial charge is 0.321 e. The molecule has 4 rings (SSSR count). The Bertz CT molecular complexity index is 895. The lowest BCUT2D eigenvalue weighted by Crippen LogP contribution is -2.50. The fourth-order valence-corrected chi connectivity index (χ4v) is 3.67. The third-order valence-electron chi connectivity index (χ3n) is 5.28. The number of carbonyl (C=O) groups excluding carboxylic acids is 1. The minimum atomic E-state index is -0.988. The molecule has 2 amide bonds. The maximum atomic E-state index is 13.3. The topological polar surface area (TPSA) is 64.6 Å². The minimum absolute atomic E-state index is 0.230. The Morgan fingerprint density at radius 2 is 1.66 bits per heavy atom. The van der Waals surface area contributed by atoms with Crippen molar-refractivity contribution in [2.75, 3.05) is 54.4 Å². The zero-order valence-corrected chi connectivity index (χ0v) is 16.4. The van der Waals surface area contributed by atoms with Crippen molar-refractivity contribution in [2.45, 2.75) is 19.8 Å². The van der Waals surface area contributed by atoms with Gasteiger partial charge in [-0.05, 0) is 31.9 Å². The molecule has 0 radical (unpaired) electrons. The SMILES string of the molecule is Cc1cc(N2CCCC2)nc(N2CCN(C(=O)Nc3ccc(F)c(F)c3)CC2)n1. The number of anilines is 3. The van der Waals surface area contributed by atoms with Gasteiger partial charge in [-0.1, -0.05) is 0 Å². The number of aromatic nitrogens is 2. The van der Waals surface area contributed by atoms with E-state index >= 15 is 0 Å². The van der Waals surface area contributed by atoms with Crippen LogP contribution in [-0.4, -0.2) is 60.2 Å². The van der Waals surface area contributed by atoms with Gasteiger partial charge in [-0.25, -0.2) is 18.6 Å². The summed E-state index contributed by atoms with van der Waals surface area (Å²) in [6.07, 6.45) is 2.37. The van der Waals surface area contributed by atoms with Crippen LogP contribution < -0.4 is 15.1 Å². The van der Waals surface area contributed by atoms with Gasteiger partial charge < -0.3 is 20.0 Å². The van der Waals surface area contributed by atoms with Crippen LogP contribution in [0.3, 0.4) is 0 Å². The summed E-state index contributed by atoms with van der Waals surface area (Å²) in [5, 5.41) is 2.61. The van der Waals surface area contributed by atoms with Crippen molar-refractivity contribution in [3.05, 3.63) is 41.6 Å². The summed E-state index contributed by atoms with van der Waals surface area (Å²) >= 11 is 0. The maximum absolute atomic E-state index is 13.3. The Labute approximate surface area is 168 Å². The van der Waals surface area contributed by atoms with E-state index in [4.69, 9.17) is 4.98 Å². The van der Waals surface area contributed by atoms with E-state index < -0.39 is 11.6 Å². The fraction of sp³-hybridized carbons (Fsp3) is 0.450. The monoisotopic (exact) mass is 402 g/mol. The minimum Gasteiger partial charge on any atom is -0.356 e. The molecule has 3 heterocycles. The first-order chi connectivity index (χ1) is 14.0. The van der Waals surface area contributed by atoms with Crippen molar-refractivity contribution in [3.63, 3.8) is 0 Å². The molecule has 0 aliphatic carbocycles. The first kappa shape index (κ1) is 19.4. The Hall–Kier alpha value is -2.97. The number of urea groups is 1. The van der Waals surface area contributed by atoms with E-state index in [1.54, 1.807) is 4.90 Å². The van der Waals surface area contributed by atoms with Gasteiger partial charge in [0, 0.05) is 62.8 Å². The number of halogens is 2. The molecule has 7 nitrogen and oxygen atoms in total. The highest BCUT2D eigenvalue weighted by atomic mass is 19.2. The molecule has 0 bridgehead atoms. The highest BCUT2D eigenvalue weighted by Gasteiger charge is 2.24. The summed E-state index contributed by atoms with van der Waals surface area (Å²) in [6, 6.07) is 4.99. The van der Waals surface area contributed by atoms with E-state index in [-0.39, 0.29) is 11.7 Å². The van der Waals surface area contributed by atoms with Gasteiger partial charge in [-0.15, -0.1) is 0 Å². The van der Waals surface area contributed by atoms with Crippen molar-refractivity contribution in [1.29, 1.82) is 0 Å². The zero-order valence-electron chi connectivity index (χ0n) is 16.4. The first-order valence-corrected chi connectivity index (χ1v) is 9.86. The van der Waals surface area contributed by atoms with Crippen molar-refractivity contribution >= 4 is 23.5 Å². The molecule has 9 heteroatoms. The van der Waals surface area contributed by atoms with Crippen molar-refractivity contribution in [3.8, 4) is 0 Å². The predicted molar refractivity (Wildman–Crippen MR) is 107 cm³/mol. The molecule has 1 N–H and O–H groups in total. The largest absolute Gasteiger partial charge is 0.356 e. The van der Waals surface area contributed by atoms with Crippen LogP contribution in [-0.2, 0) is 0 Å². The van der Waals surface area contributed by atoms with Gasteiger partial charge in [0.1, 0.15) is 5.82 Å². The Balaban J connectivity index is 1.37. The van der Waals surface area contributed by atoms with Crippen molar-refractivity contribution in [1.82, 2.24) is 14.9 Å². The zero-order chi connectivity index (χ0) is 20.4. The van der Waals surface area contributed by atoms with Crippen LogP contribution in [0.2, 0.25) is 0 Å². The Kier molecular flexibility index (Phi) is 5.46. The van der Waals surface area contributed by atoms with Crippen LogP contribution in [0.1, 0.15) is 18.5 Å². The van der Waals surface area contributed by atoms with Gasteiger partial charge in [-0.3, -0.25) is 0 Å². The molecule has 1 aromatic heterocycles. The second kappa shape index (κ2) is 8.18. The van der Waals surface area contributed by atoms with Crippen LogP contribution in [0, 0.1) is 18.6 Å². The first-order valence-electron chi connectivity index (χ1n) is 9.86. The Morgan fingerprint density at radius 3 is 2.34 bits per heavy atom. The number of nitrogens with zero attached hydrogens (tertiary/aromatic N) is 5. The van der Waals surface area contributed by atoms with E-state index in [0.29, 0.717) is 32.1 Å². The number of rotatable bonds is 3. The molecule has 0 spiro atoms. The lowest BCUT2D eigenvalue weighted by atomic mass is 10.3. The second-order valence-corrected chi connectivity index (χ2v) is 7.39. The number of hydrogen-bond acceptors (Lipinski definition) is 5. The summed E-state index contributed by atoms with van der Waals surface area (Å²) in [5.41, 5.74) is 1.16. The van der Waals surface area contributed by atoms with E-state index in [9.17, 15) is 13.6 Å². The number of carbonyl (C=O) groups is 1. The number of piperazine rings is 1. The summed E-state index contributed by atoms with van der Waals surface area (Å²) in [7, 11) is 0. The molecular formula is C20H24F2N6O. The van der Waals surface area contributed by atoms with E-state index in [2.05, 4.69) is 20.1 Å². The number of benzene rings is 1. The average Bonchev–Trinajstić information content (AvgIpc) is 3.25. The van der Waals surface area contributed by atoms with Gasteiger partial charge in [-0.2, -0.15) is 4.98 Å². The van der Waals surface area contributed by atoms with E-state index in [1.807, 2.05) is 13.0 Å². The number of nitrogens with one attached hydrogen (secondary N) is 1. The van der Waals surface area contributed by atoms with Gasteiger partial charge >= 0.3 is 6.03 Å². The molecule has 1 aromatic carbocycles. The van der Waals surface area contributed by atoms with Gasteiger partial charge in [0.25, 0.3) is 0 Å². The average molecular weight is 402 g/mol. The third kappa shape index (κ3) is 4.38. The standard InChI is InChI=1S/C20H24F2N6O/c1-14-12-18(26-6-2-3-7-26)25-19(23-14)27-8-10-28(11-9-27)20(29)24-15-4-5-16(21)17(22)13-15/h4-5,12-13H,2-3,6-11H2,1H3,(H,24,29). The predicted octanol–water partition coefficient (Wildman–Crippen LogP) is 3.02. The van der Waals surface area contributed by atoms with Crippen molar-refractivity contribution in [2.24, 2.45) is 0 Å². The molecule has 2 aromatic rings. The lowest BCUT2D eigenvalue weighted by Gasteiger charge is -2.35. The van der Waals surface area contributed by atoms with Gasteiger partial charge in [0.15, 0.2) is 11.6 Å². The van der Waals surface area contributed by atoms with Crippen LogP contribution in [0.25, 0.3) is 0 Å². The number of hydrogen-bond donors (Lipinski definition) is 1. The molecule has 154 valence electrons. The van der Waals surface area contributed by atoms with Crippen LogP contribution in [0.4, 0.5) is 31.0 Å². The molecule has 2 aliphatic heterocycles. The van der Waals surface area contributed by atoms with Crippen molar-refractivity contribution < 1.29 is 13.6 Å². The van der Waals surface area contributed by atoms with E-state index in [1.165, 1.54) is 18.9 Å². The molecule has 2 aliphatic rings. The van der Waals surface area contributed by atoms with Crippen LogP contribution in [0.5, 0.6) is 0 Å². The quantitative estimate of drug-likeness (QED) is 0.855. The van der Waals surface area contributed by atoms with Gasteiger partial charge in [0.2, 0.25) is 5.95 Å². The molecule has 0 saturated carbocycles. The fourth-order valence-electron chi connectivity index (χ4n) is 3.67. The molecule has 0 unspecified atom stereocenters. The van der Waals surface area contributed by atoms with E-state index in [0.717, 1.165) is 36.7 Å². The van der Waals surface area contributed by atoms with Gasteiger partial charge in [0.05, 0.1) is 0 Å². The summed E-state index contributed by atoms with van der Waals surface area (Å²) in [4.78, 5) is 27.8. The lowest BCUT2D eigenvalue weighted by molar-refractivity contribution is 0.208. The highest BCUT2D eigenvalue weighted by Crippen LogP contribution is 2.22. The normalized spacial score (nSPS) is 17.0. The molecule has 0 atom stereocenters. The van der Waals surface area contributed by atoms with Crippen LogP contribution in [0.15, 0.2) is 24.3 Å². The maximum Gasteiger partial charge on any atom is 0.321 e. The summed E-state index contributed by atoms with van der Waals surface area (Å²) in [5.74, 6) is -0.280. The number of amides is 2. The number of aryl methyl sites for hydroxylation is 1.